The number of H-pyrrole nitrogens is 1. The SMILES string of the molecule is Cc1ccc2c(Cl)c(C(=O)NN=Cc3ccc[nH]3)sc2c1. The molecule has 0 saturated carbocycles. The maximum Gasteiger partial charge on any atom is 0.283 e. The number of carbonyl (C=O) groups is 1. The molecule has 2 heterocycles. The smallest absolute Gasteiger partial charge is 0.283 e. The minimum absolute atomic E-state index is 0.304. The second-order valence-electron chi connectivity index (χ2n) is 4.57. The van der Waals surface area contributed by atoms with Crippen molar-refractivity contribution in [2.75, 3.05) is 0 Å². The molecule has 0 aliphatic rings. The van der Waals surface area contributed by atoms with Crippen molar-refractivity contribution in [2.45, 2.75) is 6.92 Å². The van der Waals surface area contributed by atoms with Crippen molar-refractivity contribution in [2.24, 2.45) is 5.10 Å². The van der Waals surface area contributed by atoms with Crippen LogP contribution in [-0.2, 0) is 0 Å². The third kappa shape index (κ3) is 2.84. The highest BCUT2D eigenvalue weighted by Gasteiger charge is 2.16. The summed E-state index contributed by atoms with van der Waals surface area (Å²) >= 11 is 7.64. The molecule has 2 N–H and O–H groups in total. The summed E-state index contributed by atoms with van der Waals surface area (Å²) in [4.78, 5) is 15.6. The Bertz CT molecular complexity index is 821. The van der Waals surface area contributed by atoms with Crippen LogP contribution < -0.4 is 5.43 Å². The molecule has 21 heavy (non-hydrogen) atoms. The summed E-state index contributed by atoms with van der Waals surface area (Å²) in [6, 6.07) is 9.64. The average Bonchev–Trinajstić information content (AvgIpc) is 3.07. The molecule has 0 aliphatic heterocycles. The quantitative estimate of drug-likeness (QED) is 0.557. The molecular formula is C15H12ClN3OS. The van der Waals surface area contributed by atoms with Crippen molar-refractivity contribution in [1.82, 2.24) is 10.4 Å². The summed E-state index contributed by atoms with van der Waals surface area (Å²) in [7, 11) is 0. The number of thiophene rings is 1. The van der Waals surface area contributed by atoms with E-state index in [1.807, 2.05) is 37.3 Å². The first-order valence-corrected chi connectivity index (χ1v) is 7.50. The Morgan fingerprint density at radius 3 is 3.05 bits per heavy atom. The summed E-state index contributed by atoms with van der Waals surface area (Å²) in [5, 5.41) is 5.28. The van der Waals surface area contributed by atoms with Gasteiger partial charge in [-0.05, 0) is 30.7 Å². The van der Waals surface area contributed by atoms with Gasteiger partial charge in [-0.1, -0.05) is 23.7 Å². The summed E-state index contributed by atoms with van der Waals surface area (Å²) in [6.07, 6.45) is 3.33. The Balaban J connectivity index is 1.83. The van der Waals surface area contributed by atoms with Crippen LogP contribution in [0.5, 0.6) is 0 Å². The van der Waals surface area contributed by atoms with Gasteiger partial charge in [-0.3, -0.25) is 4.79 Å². The van der Waals surface area contributed by atoms with Crippen LogP contribution >= 0.6 is 22.9 Å². The lowest BCUT2D eigenvalue weighted by Gasteiger charge is -1.96. The van der Waals surface area contributed by atoms with E-state index in [2.05, 4.69) is 15.5 Å². The summed E-state index contributed by atoms with van der Waals surface area (Å²) < 4.78 is 0.999. The van der Waals surface area contributed by atoms with Crippen molar-refractivity contribution in [3.63, 3.8) is 0 Å². The fraction of sp³-hybridized carbons (Fsp3) is 0.0667. The fourth-order valence-electron chi connectivity index (χ4n) is 1.95. The molecular weight excluding hydrogens is 306 g/mol. The monoisotopic (exact) mass is 317 g/mol. The largest absolute Gasteiger partial charge is 0.360 e. The number of amides is 1. The van der Waals surface area contributed by atoms with E-state index in [0.717, 1.165) is 21.3 Å². The van der Waals surface area contributed by atoms with Crippen LogP contribution in [0.2, 0.25) is 5.02 Å². The predicted molar refractivity (Wildman–Crippen MR) is 87.4 cm³/mol. The van der Waals surface area contributed by atoms with E-state index in [1.54, 1.807) is 12.4 Å². The number of hydrogen-bond donors (Lipinski definition) is 2. The molecule has 0 atom stereocenters. The first-order chi connectivity index (χ1) is 10.1. The number of hydrazone groups is 1. The average molecular weight is 318 g/mol. The molecule has 4 nitrogen and oxygen atoms in total. The van der Waals surface area contributed by atoms with Crippen molar-refractivity contribution < 1.29 is 4.79 Å². The number of halogens is 1. The first-order valence-electron chi connectivity index (χ1n) is 6.30. The molecule has 106 valence electrons. The van der Waals surface area contributed by atoms with Gasteiger partial charge in [0.1, 0.15) is 4.88 Å². The van der Waals surface area contributed by atoms with E-state index in [-0.39, 0.29) is 5.91 Å². The number of aromatic nitrogens is 1. The molecule has 0 spiro atoms. The maximum absolute atomic E-state index is 12.1. The van der Waals surface area contributed by atoms with Gasteiger partial charge in [0.15, 0.2) is 0 Å². The van der Waals surface area contributed by atoms with Crippen molar-refractivity contribution >= 4 is 45.1 Å². The van der Waals surface area contributed by atoms with Gasteiger partial charge in [0.2, 0.25) is 0 Å². The molecule has 6 heteroatoms. The van der Waals surface area contributed by atoms with Crippen LogP contribution in [0.1, 0.15) is 20.9 Å². The molecule has 3 rings (SSSR count). The van der Waals surface area contributed by atoms with E-state index in [1.165, 1.54) is 11.3 Å². The second kappa shape index (κ2) is 5.71. The highest BCUT2D eigenvalue weighted by Crippen LogP contribution is 2.35. The number of aromatic amines is 1. The van der Waals surface area contributed by atoms with Gasteiger partial charge in [0, 0.05) is 16.3 Å². The van der Waals surface area contributed by atoms with Crippen LogP contribution in [0.15, 0.2) is 41.6 Å². The van der Waals surface area contributed by atoms with E-state index in [0.29, 0.717) is 9.90 Å². The Labute approximate surface area is 130 Å². The lowest BCUT2D eigenvalue weighted by Crippen LogP contribution is -2.16. The van der Waals surface area contributed by atoms with Gasteiger partial charge in [0.05, 0.1) is 16.9 Å². The van der Waals surface area contributed by atoms with Crippen LogP contribution in [0, 0.1) is 6.92 Å². The predicted octanol–water partition coefficient (Wildman–Crippen LogP) is 3.96. The molecule has 2 aromatic heterocycles. The van der Waals surface area contributed by atoms with Gasteiger partial charge < -0.3 is 4.98 Å². The minimum Gasteiger partial charge on any atom is -0.360 e. The Morgan fingerprint density at radius 1 is 1.43 bits per heavy atom. The zero-order chi connectivity index (χ0) is 14.8. The van der Waals surface area contributed by atoms with Crippen molar-refractivity contribution in [1.29, 1.82) is 0 Å². The molecule has 0 bridgehead atoms. The van der Waals surface area contributed by atoms with Gasteiger partial charge in [0.25, 0.3) is 5.91 Å². The van der Waals surface area contributed by atoms with Crippen LogP contribution in [0.25, 0.3) is 10.1 Å². The Kier molecular flexibility index (Phi) is 3.77. The second-order valence-corrected chi connectivity index (χ2v) is 6.00. The molecule has 0 fully saturated rings. The number of nitrogens with zero attached hydrogens (tertiary/aromatic N) is 1. The number of carbonyl (C=O) groups excluding carboxylic acids is 1. The number of benzene rings is 1. The molecule has 1 aromatic carbocycles. The molecule has 0 saturated heterocycles. The standard InChI is InChI=1S/C15H12ClN3OS/c1-9-4-5-11-12(7-9)21-14(13(11)16)15(20)19-18-8-10-3-2-6-17-10/h2-8,17H,1H3,(H,19,20). The van der Waals surface area contributed by atoms with Crippen LogP contribution in [0.3, 0.4) is 0 Å². The number of hydrogen-bond acceptors (Lipinski definition) is 3. The number of rotatable bonds is 3. The molecule has 0 aliphatic carbocycles. The highest BCUT2D eigenvalue weighted by molar-refractivity contribution is 7.21. The lowest BCUT2D eigenvalue weighted by atomic mass is 10.2. The van der Waals surface area contributed by atoms with Gasteiger partial charge in [-0.25, -0.2) is 5.43 Å². The van der Waals surface area contributed by atoms with E-state index >= 15 is 0 Å². The zero-order valence-corrected chi connectivity index (χ0v) is 12.8. The van der Waals surface area contributed by atoms with Crippen molar-refractivity contribution in [3.05, 3.63) is 57.7 Å². The minimum atomic E-state index is -0.304. The highest BCUT2D eigenvalue weighted by atomic mass is 35.5. The molecule has 3 aromatic rings. The van der Waals surface area contributed by atoms with Crippen molar-refractivity contribution in [3.8, 4) is 0 Å². The molecule has 0 radical (unpaired) electrons. The summed E-state index contributed by atoms with van der Waals surface area (Å²) in [5.41, 5.74) is 4.44. The summed E-state index contributed by atoms with van der Waals surface area (Å²) in [6.45, 7) is 2.01. The maximum atomic E-state index is 12.1. The number of fused-ring (bicyclic) bond motifs is 1. The third-order valence-electron chi connectivity index (χ3n) is 2.98. The van der Waals surface area contributed by atoms with E-state index in [4.69, 9.17) is 11.6 Å². The van der Waals surface area contributed by atoms with Gasteiger partial charge in [-0.15, -0.1) is 11.3 Å². The lowest BCUT2D eigenvalue weighted by molar-refractivity contribution is 0.0959. The van der Waals surface area contributed by atoms with E-state index < -0.39 is 0 Å². The topological polar surface area (TPSA) is 57.2 Å². The Morgan fingerprint density at radius 2 is 2.29 bits per heavy atom. The Hall–Kier alpha value is -2.11. The van der Waals surface area contributed by atoms with Crippen LogP contribution in [-0.4, -0.2) is 17.1 Å². The first kappa shape index (κ1) is 13.9. The third-order valence-corrected chi connectivity index (χ3v) is 4.64. The van der Waals surface area contributed by atoms with Gasteiger partial charge >= 0.3 is 0 Å². The molecule has 0 unspecified atom stereocenters. The molecule has 1 amide bonds. The van der Waals surface area contributed by atoms with Gasteiger partial charge in [-0.2, -0.15) is 5.10 Å². The number of aryl methyl sites for hydroxylation is 1. The summed E-state index contributed by atoms with van der Waals surface area (Å²) in [5.74, 6) is -0.304. The van der Waals surface area contributed by atoms with Crippen LogP contribution in [0.4, 0.5) is 0 Å². The fourth-order valence-corrected chi connectivity index (χ4v) is 3.46. The zero-order valence-electron chi connectivity index (χ0n) is 11.2. The normalized spacial score (nSPS) is 11.3. The van der Waals surface area contributed by atoms with E-state index in [9.17, 15) is 4.79 Å². The number of nitrogens with one attached hydrogen (secondary N) is 2.